The fraction of sp³-hybridized carbons (Fsp3) is 0.917. The molecule has 0 aromatic rings. The van der Waals surface area contributed by atoms with E-state index in [1.165, 1.54) is 5.57 Å². The predicted molar refractivity (Wildman–Crippen MR) is 109 cm³/mol. The molecule has 5 heteroatoms. The monoisotopic (exact) mass is 406 g/mol. The van der Waals surface area contributed by atoms with Gasteiger partial charge in [0.25, 0.3) is 0 Å². The van der Waals surface area contributed by atoms with E-state index in [0.717, 1.165) is 44.9 Å². The van der Waals surface area contributed by atoms with Gasteiger partial charge in [-0.1, -0.05) is 19.9 Å². The lowest BCUT2D eigenvalue weighted by atomic mass is 9.52. The summed E-state index contributed by atoms with van der Waals surface area (Å²) >= 11 is 0. The number of ether oxygens (including phenoxy) is 3. The van der Waals surface area contributed by atoms with Gasteiger partial charge >= 0.3 is 0 Å². The van der Waals surface area contributed by atoms with Gasteiger partial charge in [0.1, 0.15) is 0 Å². The summed E-state index contributed by atoms with van der Waals surface area (Å²) in [5, 5.41) is 22.8. The smallest absolute Gasteiger partial charge is 0.159 e. The van der Waals surface area contributed by atoms with Crippen LogP contribution >= 0.6 is 0 Å². The van der Waals surface area contributed by atoms with Crippen LogP contribution in [0.25, 0.3) is 0 Å². The summed E-state index contributed by atoms with van der Waals surface area (Å²) in [6, 6.07) is 0. The fourth-order valence-corrected chi connectivity index (χ4v) is 8.52. The van der Waals surface area contributed by atoms with E-state index >= 15 is 0 Å². The summed E-state index contributed by atoms with van der Waals surface area (Å²) in [5.74, 6) is 1.64. The quantitative estimate of drug-likeness (QED) is 0.554. The maximum absolute atomic E-state index is 12.3. The van der Waals surface area contributed by atoms with Crippen LogP contribution in [-0.2, 0) is 14.2 Å². The van der Waals surface area contributed by atoms with E-state index < -0.39 is 11.7 Å². The van der Waals surface area contributed by atoms with Crippen molar-refractivity contribution in [2.24, 2.45) is 35.0 Å². The molecule has 2 heterocycles. The average molecular weight is 407 g/mol. The molecule has 5 aliphatic rings. The molecule has 0 aromatic heterocycles. The first-order valence-electron chi connectivity index (χ1n) is 11.7. The topological polar surface area (TPSA) is 68.2 Å². The van der Waals surface area contributed by atoms with Gasteiger partial charge in [0.15, 0.2) is 6.29 Å². The van der Waals surface area contributed by atoms with E-state index in [1.54, 1.807) is 14.2 Å². The lowest BCUT2D eigenvalue weighted by molar-refractivity contribution is -0.177. The van der Waals surface area contributed by atoms with Crippen LogP contribution in [0.1, 0.15) is 58.8 Å². The molecule has 0 unspecified atom stereocenters. The second-order valence-electron chi connectivity index (χ2n) is 10.8. The third-order valence-corrected chi connectivity index (χ3v) is 9.79. The zero-order chi connectivity index (χ0) is 20.6. The van der Waals surface area contributed by atoms with Crippen molar-refractivity contribution in [3.63, 3.8) is 0 Å². The van der Waals surface area contributed by atoms with Gasteiger partial charge in [0.05, 0.1) is 23.9 Å². The van der Waals surface area contributed by atoms with E-state index in [2.05, 4.69) is 19.9 Å². The second-order valence-corrected chi connectivity index (χ2v) is 10.8. The lowest BCUT2D eigenvalue weighted by Gasteiger charge is -2.55. The molecule has 0 spiro atoms. The van der Waals surface area contributed by atoms with Crippen LogP contribution in [0.15, 0.2) is 11.6 Å². The summed E-state index contributed by atoms with van der Waals surface area (Å²) in [4.78, 5) is 0. The molecule has 3 aliphatic carbocycles. The highest BCUT2D eigenvalue weighted by Gasteiger charge is 2.64. The maximum atomic E-state index is 12.3. The Labute approximate surface area is 174 Å². The number of aliphatic hydroxyl groups is 2. The van der Waals surface area contributed by atoms with E-state index in [1.807, 2.05) is 0 Å². The minimum Gasteiger partial charge on any atom is -0.389 e. The van der Waals surface area contributed by atoms with Gasteiger partial charge in [0, 0.05) is 26.1 Å². The van der Waals surface area contributed by atoms with Crippen LogP contribution in [-0.4, -0.2) is 54.6 Å². The Bertz CT molecular complexity index is 674. The predicted octanol–water partition coefficient (Wildman–Crippen LogP) is 3.28. The molecule has 164 valence electrons. The van der Waals surface area contributed by atoms with E-state index in [0.29, 0.717) is 17.8 Å². The highest BCUT2D eigenvalue weighted by atomic mass is 16.7. The summed E-state index contributed by atoms with van der Waals surface area (Å²) in [5.41, 5.74) is 0.612. The molecule has 5 nitrogen and oxygen atoms in total. The van der Waals surface area contributed by atoms with Crippen molar-refractivity contribution in [1.29, 1.82) is 0 Å². The highest BCUT2D eigenvalue weighted by Crippen LogP contribution is 2.66. The Morgan fingerprint density at radius 1 is 1.14 bits per heavy atom. The molecule has 2 N–H and O–H groups in total. The van der Waals surface area contributed by atoms with Crippen molar-refractivity contribution in [3.05, 3.63) is 11.6 Å². The number of rotatable bonds is 4. The first kappa shape index (κ1) is 20.4. The standard InChI is InChI=1S/C24H38O5/c1-13(22(27-3)28-4)16-5-6-20-23(16,2)9-8-17-15-12-18(25)19-11-14(21(15)29-19)7-10-24(17,20)26/h12-14,16-22,25-26H,5-11H2,1-4H3/t13-,14-,16+,17+,18-,19-,20+,21+,23+,24-/m0/s1. The zero-order valence-electron chi connectivity index (χ0n) is 18.3. The molecular formula is C24H38O5. The van der Waals surface area contributed by atoms with Crippen molar-refractivity contribution < 1.29 is 24.4 Å². The molecule has 4 fully saturated rings. The fourth-order valence-electron chi connectivity index (χ4n) is 8.52. The van der Waals surface area contributed by atoms with Gasteiger partial charge in [0.2, 0.25) is 0 Å². The van der Waals surface area contributed by atoms with Crippen molar-refractivity contribution in [3.8, 4) is 0 Å². The number of hydrogen-bond donors (Lipinski definition) is 2. The Morgan fingerprint density at radius 2 is 1.90 bits per heavy atom. The summed E-state index contributed by atoms with van der Waals surface area (Å²) < 4.78 is 17.5. The minimum atomic E-state index is -0.691. The van der Waals surface area contributed by atoms with Crippen LogP contribution < -0.4 is 0 Å². The van der Waals surface area contributed by atoms with E-state index in [9.17, 15) is 10.2 Å². The van der Waals surface area contributed by atoms with Crippen LogP contribution in [0.4, 0.5) is 0 Å². The third kappa shape index (κ3) is 2.77. The zero-order valence-corrected chi connectivity index (χ0v) is 18.3. The maximum Gasteiger partial charge on any atom is 0.159 e. The molecule has 3 saturated carbocycles. The van der Waals surface area contributed by atoms with Crippen LogP contribution in [0.3, 0.4) is 0 Å². The SMILES string of the molecule is COC(OC)[C@@H](C)[C@H]1CC[C@@H]2[C@]1(C)CC[C@@H]1C3=C[C@H](O)[C@@H]4C[C@H](CC[C@]12O)[C@H]3O4. The number of methoxy groups -OCH3 is 2. The molecule has 29 heavy (non-hydrogen) atoms. The molecule has 0 amide bonds. The number of aliphatic hydroxyl groups excluding tert-OH is 1. The van der Waals surface area contributed by atoms with Gasteiger partial charge in [-0.05, 0) is 73.7 Å². The van der Waals surface area contributed by atoms with Crippen molar-refractivity contribution in [1.82, 2.24) is 0 Å². The molecule has 1 saturated heterocycles. The molecular weight excluding hydrogens is 368 g/mol. The Balaban J connectivity index is 1.48. The van der Waals surface area contributed by atoms with Gasteiger partial charge in [-0.2, -0.15) is 0 Å². The van der Waals surface area contributed by atoms with Crippen LogP contribution in [0, 0.1) is 35.0 Å². The Morgan fingerprint density at radius 3 is 2.62 bits per heavy atom. The summed E-state index contributed by atoms with van der Waals surface area (Å²) in [7, 11) is 3.45. The normalized spacial score (nSPS) is 52.0. The number of hydrogen-bond acceptors (Lipinski definition) is 5. The van der Waals surface area contributed by atoms with Crippen molar-refractivity contribution in [2.45, 2.75) is 89.0 Å². The average Bonchev–Trinajstić information content (AvgIpc) is 3.22. The molecule has 2 bridgehead atoms. The number of fused-ring (bicyclic) bond motifs is 5. The Hall–Kier alpha value is -0.460. The highest BCUT2D eigenvalue weighted by molar-refractivity contribution is 5.30. The molecule has 10 atom stereocenters. The van der Waals surface area contributed by atoms with Gasteiger partial charge < -0.3 is 24.4 Å². The van der Waals surface area contributed by atoms with E-state index in [-0.39, 0.29) is 35.7 Å². The lowest BCUT2D eigenvalue weighted by Crippen LogP contribution is -2.56. The van der Waals surface area contributed by atoms with Crippen molar-refractivity contribution >= 4 is 0 Å². The third-order valence-electron chi connectivity index (χ3n) is 9.79. The molecule has 0 radical (unpaired) electrons. The first-order valence-corrected chi connectivity index (χ1v) is 11.7. The molecule has 5 rings (SSSR count). The Kier molecular flexibility index (Phi) is 4.95. The van der Waals surface area contributed by atoms with Gasteiger partial charge in [-0.25, -0.2) is 0 Å². The minimum absolute atomic E-state index is 0.0365. The summed E-state index contributed by atoms with van der Waals surface area (Å²) in [6.45, 7) is 4.66. The van der Waals surface area contributed by atoms with Crippen LogP contribution in [0.5, 0.6) is 0 Å². The molecule has 2 aliphatic heterocycles. The first-order chi connectivity index (χ1) is 13.8. The largest absolute Gasteiger partial charge is 0.389 e. The van der Waals surface area contributed by atoms with Gasteiger partial charge in [-0.3, -0.25) is 0 Å². The van der Waals surface area contributed by atoms with Crippen LogP contribution in [0.2, 0.25) is 0 Å². The summed E-state index contributed by atoms with van der Waals surface area (Å²) in [6.07, 6.45) is 8.50. The van der Waals surface area contributed by atoms with E-state index in [4.69, 9.17) is 14.2 Å². The molecule has 0 aromatic carbocycles. The second kappa shape index (κ2) is 7.03. The van der Waals surface area contributed by atoms with Gasteiger partial charge in [-0.15, -0.1) is 0 Å². The van der Waals surface area contributed by atoms with Crippen molar-refractivity contribution in [2.75, 3.05) is 14.2 Å².